The molecule has 0 aromatic rings. The summed E-state index contributed by atoms with van der Waals surface area (Å²) in [4.78, 5) is 15.9. The van der Waals surface area contributed by atoms with Gasteiger partial charge < -0.3 is 21.1 Å². The van der Waals surface area contributed by atoms with E-state index in [9.17, 15) is 4.79 Å². The number of halogens is 1. The number of nitrogens with zero attached hydrogens (tertiary/aromatic N) is 1. The Morgan fingerprint density at radius 3 is 2.46 bits per heavy atom. The van der Waals surface area contributed by atoms with E-state index in [4.69, 9.17) is 10.5 Å². The number of carbonyl (C=O) groups is 1. The van der Waals surface area contributed by atoms with Crippen molar-refractivity contribution < 1.29 is 9.53 Å². The maximum Gasteiger partial charge on any atom is 0.407 e. The first-order chi connectivity index (χ1) is 10.9. The SMILES string of the molecule is CCOC(=O)NC(CN=C(N)NC(C)CCCC(C)C)C1CC1.I. The van der Waals surface area contributed by atoms with E-state index in [1.807, 2.05) is 0 Å². The molecular formula is C17H35IN4O2. The molecule has 2 atom stereocenters. The molecule has 0 bridgehead atoms. The van der Waals surface area contributed by atoms with E-state index < -0.39 is 0 Å². The number of carbonyl (C=O) groups excluding carboxylic acids is 1. The van der Waals surface area contributed by atoms with Crippen molar-refractivity contribution in [1.82, 2.24) is 10.6 Å². The van der Waals surface area contributed by atoms with Crippen LogP contribution in [0.25, 0.3) is 0 Å². The van der Waals surface area contributed by atoms with Gasteiger partial charge in [-0.15, -0.1) is 24.0 Å². The summed E-state index contributed by atoms with van der Waals surface area (Å²) in [5.41, 5.74) is 5.96. The fourth-order valence-corrected chi connectivity index (χ4v) is 2.53. The summed E-state index contributed by atoms with van der Waals surface area (Å²) in [7, 11) is 0. The summed E-state index contributed by atoms with van der Waals surface area (Å²) in [6.45, 7) is 9.28. The lowest BCUT2D eigenvalue weighted by Crippen LogP contribution is -2.42. The summed E-state index contributed by atoms with van der Waals surface area (Å²) >= 11 is 0. The van der Waals surface area contributed by atoms with E-state index in [-0.39, 0.29) is 36.1 Å². The Bertz CT molecular complexity index is 387. The smallest absolute Gasteiger partial charge is 0.407 e. The van der Waals surface area contributed by atoms with Gasteiger partial charge in [-0.1, -0.05) is 26.7 Å². The molecule has 0 aromatic carbocycles. The number of guanidine groups is 1. The zero-order chi connectivity index (χ0) is 17.2. The molecule has 2 unspecified atom stereocenters. The Morgan fingerprint density at radius 2 is 1.92 bits per heavy atom. The summed E-state index contributed by atoms with van der Waals surface area (Å²) in [5, 5.41) is 6.11. The van der Waals surface area contributed by atoms with E-state index in [1.165, 1.54) is 12.8 Å². The number of hydrogen-bond donors (Lipinski definition) is 3. The van der Waals surface area contributed by atoms with Crippen LogP contribution in [-0.2, 0) is 4.74 Å². The maximum atomic E-state index is 11.6. The van der Waals surface area contributed by atoms with Crippen molar-refractivity contribution in [1.29, 1.82) is 0 Å². The molecule has 7 heteroatoms. The number of alkyl carbamates (subject to hydrolysis) is 1. The van der Waals surface area contributed by atoms with Gasteiger partial charge in [0, 0.05) is 6.04 Å². The molecule has 0 heterocycles. The summed E-state index contributed by atoms with van der Waals surface area (Å²) in [6, 6.07) is 0.334. The Kier molecular flexibility index (Phi) is 12.2. The lowest BCUT2D eigenvalue weighted by molar-refractivity contribution is 0.147. The molecule has 1 rings (SSSR count). The molecule has 6 nitrogen and oxygen atoms in total. The van der Waals surface area contributed by atoms with Crippen LogP contribution >= 0.6 is 24.0 Å². The van der Waals surface area contributed by atoms with Crippen LogP contribution in [0.15, 0.2) is 4.99 Å². The van der Waals surface area contributed by atoms with Gasteiger partial charge in [0.25, 0.3) is 0 Å². The molecule has 0 radical (unpaired) electrons. The minimum absolute atomic E-state index is 0. The predicted octanol–water partition coefficient (Wildman–Crippen LogP) is 3.25. The van der Waals surface area contributed by atoms with Gasteiger partial charge in [0.1, 0.15) is 0 Å². The molecule has 1 amide bonds. The highest BCUT2D eigenvalue weighted by Gasteiger charge is 2.32. The number of amides is 1. The van der Waals surface area contributed by atoms with E-state index in [0.29, 0.717) is 31.1 Å². The zero-order valence-electron chi connectivity index (χ0n) is 15.5. The van der Waals surface area contributed by atoms with Crippen LogP contribution in [0.4, 0.5) is 4.79 Å². The molecular weight excluding hydrogens is 419 g/mol. The van der Waals surface area contributed by atoms with E-state index in [2.05, 4.69) is 36.4 Å². The molecule has 4 N–H and O–H groups in total. The Hall–Kier alpha value is -0.730. The molecule has 24 heavy (non-hydrogen) atoms. The molecule has 1 saturated carbocycles. The molecule has 0 aromatic heterocycles. The molecule has 1 aliphatic rings. The van der Waals surface area contributed by atoms with E-state index >= 15 is 0 Å². The number of nitrogens with two attached hydrogens (primary N) is 1. The second kappa shape index (κ2) is 12.6. The first-order valence-corrected chi connectivity index (χ1v) is 8.92. The van der Waals surface area contributed by atoms with Crippen LogP contribution in [0.5, 0.6) is 0 Å². The van der Waals surface area contributed by atoms with E-state index in [0.717, 1.165) is 25.2 Å². The number of hydrogen-bond acceptors (Lipinski definition) is 3. The number of rotatable bonds is 10. The van der Waals surface area contributed by atoms with Crippen molar-refractivity contribution in [2.24, 2.45) is 22.6 Å². The number of aliphatic imine (C=N–C) groups is 1. The molecule has 0 saturated heterocycles. The highest BCUT2D eigenvalue weighted by Crippen LogP contribution is 2.32. The summed E-state index contributed by atoms with van der Waals surface area (Å²) < 4.78 is 4.94. The third-order valence-corrected chi connectivity index (χ3v) is 4.04. The maximum absolute atomic E-state index is 11.6. The van der Waals surface area contributed by atoms with Gasteiger partial charge >= 0.3 is 6.09 Å². The van der Waals surface area contributed by atoms with Crippen molar-refractivity contribution in [2.45, 2.75) is 71.9 Å². The van der Waals surface area contributed by atoms with Crippen LogP contribution in [-0.4, -0.2) is 37.3 Å². The Balaban J connectivity index is 0.00000529. The third kappa shape index (κ3) is 10.9. The van der Waals surface area contributed by atoms with Crippen LogP contribution < -0.4 is 16.4 Å². The second-order valence-corrected chi connectivity index (χ2v) is 6.90. The number of ether oxygens (including phenoxy) is 1. The molecule has 0 spiro atoms. The fraction of sp³-hybridized carbons (Fsp3) is 0.882. The average Bonchev–Trinajstić information content (AvgIpc) is 3.27. The highest BCUT2D eigenvalue weighted by atomic mass is 127. The molecule has 0 aliphatic heterocycles. The predicted molar refractivity (Wildman–Crippen MR) is 110 cm³/mol. The molecule has 1 aliphatic carbocycles. The first-order valence-electron chi connectivity index (χ1n) is 8.92. The second-order valence-electron chi connectivity index (χ2n) is 6.90. The molecule has 1 fully saturated rings. The topological polar surface area (TPSA) is 88.7 Å². The Labute approximate surface area is 163 Å². The standard InChI is InChI=1S/C17H34N4O2.HI/c1-5-23-17(22)21-15(14-9-10-14)11-19-16(18)20-13(4)8-6-7-12(2)3;/h12-15H,5-11H2,1-4H3,(H,21,22)(H3,18,19,20);1H. The average molecular weight is 454 g/mol. The minimum Gasteiger partial charge on any atom is -0.450 e. The minimum atomic E-state index is -0.367. The normalized spacial score (nSPS) is 17.0. The van der Waals surface area contributed by atoms with Gasteiger partial charge in [-0.3, -0.25) is 4.99 Å². The van der Waals surface area contributed by atoms with Gasteiger partial charge in [0.05, 0.1) is 19.2 Å². The van der Waals surface area contributed by atoms with Crippen LogP contribution in [0, 0.1) is 11.8 Å². The van der Waals surface area contributed by atoms with Crippen molar-refractivity contribution in [2.75, 3.05) is 13.2 Å². The zero-order valence-corrected chi connectivity index (χ0v) is 17.8. The largest absolute Gasteiger partial charge is 0.450 e. The van der Waals surface area contributed by atoms with Crippen molar-refractivity contribution >= 4 is 36.0 Å². The first kappa shape index (κ1) is 23.3. The van der Waals surface area contributed by atoms with Crippen LogP contribution in [0.2, 0.25) is 0 Å². The fourth-order valence-electron chi connectivity index (χ4n) is 2.53. The monoisotopic (exact) mass is 454 g/mol. The van der Waals surface area contributed by atoms with Gasteiger partial charge in [0.2, 0.25) is 0 Å². The highest BCUT2D eigenvalue weighted by molar-refractivity contribution is 14.0. The van der Waals surface area contributed by atoms with Gasteiger partial charge in [-0.25, -0.2) is 4.79 Å². The lowest BCUT2D eigenvalue weighted by Gasteiger charge is -2.18. The number of nitrogens with one attached hydrogen (secondary N) is 2. The summed E-state index contributed by atoms with van der Waals surface area (Å²) in [6.07, 6.45) is 5.40. The van der Waals surface area contributed by atoms with Crippen molar-refractivity contribution in [3.8, 4) is 0 Å². The summed E-state index contributed by atoms with van der Waals surface area (Å²) in [5.74, 6) is 1.69. The van der Waals surface area contributed by atoms with Gasteiger partial charge in [-0.2, -0.15) is 0 Å². The Morgan fingerprint density at radius 1 is 1.25 bits per heavy atom. The van der Waals surface area contributed by atoms with Crippen LogP contribution in [0.1, 0.15) is 59.8 Å². The van der Waals surface area contributed by atoms with E-state index in [1.54, 1.807) is 6.92 Å². The van der Waals surface area contributed by atoms with Crippen LogP contribution in [0.3, 0.4) is 0 Å². The third-order valence-electron chi connectivity index (χ3n) is 4.04. The van der Waals surface area contributed by atoms with Crippen molar-refractivity contribution in [3.63, 3.8) is 0 Å². The quantitative estimate of drug-likeness (QED) is 0.269. The lowest BCUT2D eigenvalue weighted by atomic mass is 10.0. The van der Waals surface area contributed by atoms with Crippen molar-refractivity contribution in [3.05, 3.63) is 0 Å². The van der Waals surface area contributed by atoms with Gasteiger partial charge in [-0.05, 0) is 44.9 Å². The molecule has 142 valence electrons. The van der Waals surface area contributed by atoms with Gasteiger partial charge in [0.15, 0.2) is 5.96 Å².